The van der Waals surface area contributed by atoms with E-state index < -0.39 is 15.9 Å². The summed E-state index contributed by atoms with van der Waals surface area (Å²) in [4.78, 5) is 18.4. The molecule has 0 bridgehead atoms. The molecule has 1 aromatic heterocycles. The summed E-state index contributed by atoms with van der Waals surface area (Å²) in [5.41, 5.74) is 0.978. The number of hydrogen-bond donors (Lipinski definition) is 1. The van der Waals surface area contributed by atoms with Crippen LogP contribution in [0.2, 0.25) is 5.02 Å². The van der Waals surface area contributed by atoms with E-state index in [1.165, 1.54) is 27.8 Å². The molecule has 1 fully saturated rings. The van der Waals surface area contributed by atoms with Gasteiger partial charge in [-0.1, -0.05) is 18.5 Å². The van der Waals surface area contributed by atoms with Crippen LogP contribution in [0, 0.1) is 12.8 Å². The molecule has 0 saturated carbocycles. The lowest BCUT2D eigenvalue weighted by Gasteiger charge is -2.31. The van der Waals surface area contributed by atoms with Crippen LogP contribution in [0.4, 0.5) is 5.13 Å². The van der Waals surface area contributed by atoms with Crippen LogP contribution in [0.3, 0.4) is 0 Å². The third-order valence-corrected chi connectivity index (χ3v) is 7.72. The van der Waals surface area contributed by atoms with Crippen LogP contribution < -0.4 is 5.32 Å². The summed E-state index contributed by atoms with van der Waals surface area (Å²) in [6, 6.07) is 6.09. The van der Waals surface area contributed by atoms with Gasteiger partial charge in [0.1, 0.15) is 0 Å². The SMILES string of the molecule is CCc1nc(NC(=O)C2CCCN(S(=O)(=O)c3ccc(Cl)cc3)C2)sc1C. The van der Waals surface area contributed by atoms with Gasteiger partial charge in [0.05, 0.1) is 16.5 Å². The molecule has 27 heavy (non-hydrogen) atoms. The van der Waals surface area contributed by atoms with Crippen LogP contribution in [-0.4, -0.2) is 36.7 Å². The number of rotatable bonds is 5. The highest BCUT2D eigenvalue weighted by molar-refractivity contribution is 7.89. The largest absolute Gasteiger partial charge is 0.302 e. The van der Waals surface area contributed by atoms with Crippen molar-refractivity contribution in [3.05, 3.63) is 39.9 Å². The Balaban J connectivity index is 1.71. The van der Waals surface area contributed by atoms with E-state index in [1.54, 1.807) is 12.1 Å². The number of nitrogens with one attached hydrogen (secondary N) is 1. The quantitative estimate of drug-likeness (QED) is 0.788. The number of nitrogens with zero attached hydrogens (tertiary/aromatic N) is 2. The van der Waals surface area contributed by atoms with Crippen LogP contribution >= 0.6 is 22.9 Å². The fourth-order valence-electron chi connectivity index (χ4n) is 3.15. The van der Waals surface area contributed by atoms with Gasteiger partial charge in [-0.2, -0.15) is 4.31 Å². The Kier molecular flexibility index (Phi) is 6.20. The Labute approximate surface area is 168 Å². The average Bonchev–Trinajstić information content (AvgIpc) is 3.01. The highest BCUT2D eigenvalue weighted by atomic mass is 35.5. The van der Waals surface area contributed by atoms with Crippen molar-refractivity contribution in [2.45, 2.75) is 38.0 Å². The van der Waals surface area contributed by atoms with Crippen molar-refractivity contribution in [2.75, 3.05) is 18.4 Å². The van der Waals surface area contributed by atoms with Crippen LogP contribution in [0.15, 0.2) is 29.2 Å². The lowest BCUT2D eigenvalue weighted by atomic mass is 9.99. The third kappa shape index (κ3) is 4.51. The maximum atomic E-state index is 12.9. The smallest absolute Gasteiger partial charge is 0.243 e. The molecule has 1 unspecified atom stereocenters. The molecule has 1 aliphatic heterocycles. The lowest BCUT2D eigenvalue weighted by molar-refractivity contribution is -0.120. The van der Waals surface area contributed by atoms with Gasteiger partial charge in [0.25, 0.3) is 0 Å². The molecule has 1 aromatic carbocycles. The van der Waals surface area contributed by atoms with Crippen molar-refractivity contribution >= 4 is 44.0 Å². The minimum Gasteiger partial charge on any atom is -0.302 e. The number of halogens is 1. The molecule has 146 valence electrons. The lowest BCUT2D eigenvalue weighted by Crippen LogP contribution is -2.43. The van der Waals surface area contributed by atoms with Gasteiger partial charge in [-0.25, -0.2) is 13.4 Å². The first-order chi connectivity index (χ1) is 12.8. The second-order valence-corrected chi connectivity index (χ2v) is 10.1. The first-order valence-electron chi connectivity index (χ1n) is 8.84. The fraction of sp³-hybridized carbons (Fsp3) is 0.444. The van der Waals surface area contributed by atoms with E-state index in [1.807, 2.05) is 13.8 Å². The van der Waals surface area contributed by atoms with Crippen molar-refractivity contribution in [3.8, 4) is 0 Å². The first-order valence-corrected chi connectivity index (χ1v) is 11.5. The van der Waals surface area contributed by atoms with E-state index in [2.05, 4.69) is 10.3 Å². The Morgan fingerprint density at radius 1 is 1.37 bits per heavy atom. The minimum atomic E-state index is -3.64. The predicted octanol–water partition coefficient (Wildman–Crippen LogP) is 3.71. The Bertz CT molecular complexity index is 926. The van der Waals surface area contributed by atoms with E-state index >= 15 is 0 Å². The van der Waals surface area contributed by atoms with E-state index in [9.17, 15) is 13.2 Å². The number of aryl methyl sites for hydroxylation is 2. The molecular formula is C18H22ClN3O3S2. The van der Waals surface area contributed by atoms with E-state index in [0.717, 1.165) is 17.0 Å². The van der Waals surface area contributed by atoms with Crippen molar-refractivity contribution < 1.29 is 13.2 Å². The van der Waals surface area contributed by atoms with Gasteiger partial charge in [-0.3, -0.25) is 4.79 Å². The fourth-order valence-corrected chi connectivity index (χ4v) is 5.70. The summed E-state index contributed by atoms with van der Waals surface area (Å²) in [5.74, 6) is -0.572. The summed E-state index contributed by atoms with van der Waals surface area (Å²) in [6.07, 6.45) is 2.11. The maximum Gasteiger partial charge on any atom is 0.243 e. The number of carbonyl (C=O) groups excluding carboxylic acids is 1. The van der Waals surface area contributed by atoms with Gasteiger partial charge in [0.15, 0.2) is 5.13 Å². The van der Waals surface area contributed by atoms with E-state index in [-0.39, 0.29) is 17.3 Å². The molecule has 1 aliphatic rings. The highest BCUT2D eigenvalue weighted by Gasteiger charge is 2.33. The molecule has 0 radical (unpaired) electrons. The standard InChI is InChI=1S/C18H22ClN3O3S2/c1-3-16-12(2)26-18(20-16)21-17(23)13-5-4-10-22(11-13)27(24,25)15-8-6-14(19)7-9-15/h6-9,13H,3-5,10-11H2,1-2H3,(H,20,21,23). The molecule has 0 spiro atoms. The first kappa shape index (κ1) is 20.3. The molecule has 1 saturated heterocycles. The van der Waals surface area contributed by atoms with Gasteiger partial charge in [0.2, 0.25) is 15.9 Å². The molecule has 1 atom stereocenters. The number of anilines is 1. The highest BCUT2D eigenvalue weighted by Crippen LogP contribution is 2.27. The second-order valence-electron chi connectivity index (χ2n) is 6.52. The van der Waals surface area contributed by atoms with Crippen molar-refractivity contribution in [1.29, 1.82) is 0 Å². The number of thiazole rings is 1. The summed E-state index contributed by atoms with van der Waals surface area (Å²) >= 11 is 7.29. The van der Waals surface area contributed by atoms with E-state index in [4.69, 9.17) is 11.6 Å². The number of sulfonamides is 1. The van der Waals surface area contributed by atoms with Crippen molar-refractivity contribution in [1.82, 2.24) is 9.29 Å². The average molecular weight is 428 g/mol. The zero-order chi connectivity index (χ0) is 19.6. The second kappa shape index (κ2) is 8.26. The van der Waals surface area contributed by atoms with Gasteiger partial charge in [-0.05, 0) is 50.5 Å². The molecule has 3 rings (SSSR count). The number of hydrogen-bond acceptors (Lipinski definition) is 5. The number of benzene rings is 1. The van der Waals surface area contributed by atoms with Gasteiger partial charge in [0, 0.05) is 23.0 Å². The Morgan fingerprint density at radius 3 is 2.70 bits per heavy atom. The third-order valence-electron chi connectivity index (χ3n) is 4.66. The van der Waals surface area contributed by atoms with E-state index in [0.29, 0.717) is 29.5 Å². The van der Waals surface area contributed by atoms with Gasteiger partial charge >= 0.3 is 0 Å². The summed E-state index contributed by atoms with van der Waals surface area (Å²) in [5, 5.41) is 3.91. The molecule has 1 N–H and O–H groups in total. The Hall–Kier alpha value is -1.48. The molecule has 2 aromatic rings. The van der Waals surface area contributed by atoms with Gasteiger partial charge < -0.3 is 5.32 Å². The van der Waals surface area contributed by atoms with Crippen LogP contribution in [0.5, 0.6) is 0 Å². The Morgan fingerprint density at radius 2 is 2.07 bits per heavy atom. The maximum absolute atomic E-state index is 12.9. The van der Waals surface area contributed by atoms with Crippen LogP contribution in [0.25, 0.3) is 0 Å². The number of carbonyl (C=O) groups is 1. The normalized spacial score (nSPS) is 18.4. The molecular weight excluding hydrogens is 406 g/mol. The summed E-state index contributed by atoms with van der Waals surface area (Å²) in [6.45, 7) is 4.58. The zero-order valence-electron chi connectivity index (χ0n) is 15.2. The summed E-state index contributed by atoms with van der Waals surface area (Å²) in [7, 11) is -3.64. The monoisotopic (exact) mass is 427 g/mol. The van der Waals surface area contributed by atoms with Crippen molar-refractivity contribution in [2.24, 2.45) is 5.92 Å². The van der Waals surface area contributed by atoms with Gasteiger partial charge in [-0.15, -0.1) is 11.3 Å². The summed E-state index contributed by atoms with van der Waals surface area (Å²) < 4.78 is 27.1. The zero-order valence-corrected chi connectivity index (χ0v) is 17.6. The van der Waals surface area contributed by atoms with Crippen LogP contribution in [-0.2, 0) is 21.2 Å². The number of aromatic nitrogens is 1. The topological polar surface area (TPSA) is 79.4 Å². The predicted molar refractivity (Wildman–Crippen MR) is 108 cm³/mol. The van der Waals surface area contributed by atoms with Crippen molar-refractivity contribution in [3.63, 3.8) is 0 Å². The number of amides is 1. The molecule has 9 heteroatoms. The molecule has 1 amide bonds. The number of piperidine rings is 1. The molecule has 0 aliphatic carbocycles. The van der Waals surface area contributed by atoms with Crippen LogP contribution in [0.1, 0.15) is 30.3 Å². The minimum absolute atomic E-state index is 0.168. The molecule has 2 heterocycles. The molecule has 6 nitrogen and oxygen atoms in total.